The zero-order valence-electron chi connectivity index (χ0n) is 23.9. The van der Waals surface area contributed by atoms with Crippen LogP contribution in [0.4, 0.5) is 10.1 Å². The smallest absolute Gasteiger partial charge is 0.254 e. The molecular weight excluding hydrogens is 596 g/mol. The minimum atomic E-state index is -0.819. The molecule has 11 nitrogen and oxygen atoms in total. The average molecular weight is 631 g/mol. The summed E-state index contributed by atoms with van der Waals surface area (Å²) in [5, 5.41) is 13.9. The van der Waals surface area contributed by atoms with Crippen molar-refractivity contribution in [3.05, 3.63) is 92.4 Å². The summed E-state index contributed by atoms with van der Waals surface area (Å²) in [7, 11) is 1.67. The number of allylic oxidation sites excluding steroid dienone is 1. The lowest BCUT2D eigenvalue weighted by Crippen LogP contribution is -2.28. The molecule has 2 aromatic heterocycles. The van der Waals surface area contributed by atoms with Crippen LogP contribution in [-0.2, 0) is 4.79 Å². The number of hydrogen-bond acceptors (Lipinski definition) is 9. The fourth-order valence-electron chi connectivity index (χ4n) is 4.60. The van der Waals surface area contributed by atoms with Crippen LogP contribution in [0, 0.1) is 17.1 Å². The third-order valence-corrected chi connectivity index (χ3v) is 6.98. The highest BCUT2D eigenvalue weighted by molar-refractivity contribution is 6.31. The van der Waals surface area contributed by atoms with Gasteiger partial charge in [-0.1, -0.05) is 49.9 Å². The first-order valence-corrected chi connectivity index (χ1v) is 14.1. The van der Waals surface area contributed by atoms with Crippen LogP contribution in [0.5, 0.6) is 0 Å². The fraction of sp³-hybridized carbons (Fsp3) is 0.276. The minimum absolute atomic E-state index is 0.00634. The molecule has 1 aromatic carbocycles. The van der Waals surface area contributed by atoms with Crippen LogP contribution in [-0.4, -0.2) is 34.2 Å². The molecule has 7 N–H and O–H groups in total. The lowest BCUT2D eigenvalue weighted by atomic mass is 9.99. The number of aromatic nitrogens is 3. The largest absolute Gasteiger partial charge is 0.388 e. The van der Waals surface area contributed by atoms with Crippen LogP contribution in [0.2, 0.25) is 5.02 Å². The van der Waals surface area contributed by atoms with Crippen molar-refractivity contribution in [3.8, 4) is 11.3 Å². The first-order valence-electron chi connectivity index (χ1n) is 13.3. The number of nitrogens with one attached hydrogen (secondary N) is 3. The summed E-state index contributed by atoms with van der Waals surface area (Å²) < 4.78 is 16.8. The monoisotopic (exact) mass is 629 g/mol. The Morgan fingerprint density at radius 3 is 2.58 bits per heavy atom. The van der Waals surface area contributed by atoms with Gasteiger partial charge in [0.25, 0.3) is 5.56 Å². The number of hydrogen-bond donors (Lipinski definition) is 5. The number of hydrazine groups is 1. The predicted molar refractivity (Wildman–Crippen MR) is 169 cm³/mol. The maximum atomic E-state index is 15.3. The summed E-state index contributed by atoms with van der Waals surface area (Å²) in [6.07, 6.45) is 7.89. The normalized spacial score (nSPS) is 12.9. The SMILES string of the molecule is CN/C(=C(\C=N)NC=O)c1ccnc(C(CCCC(C)C)n2cnc(-c3c(N(N)/C=C(\N)Cl)ccc(Cl)c3F)cc2=O)c1. The number of halogens is 3. The maximum absolute atomic E-state index is 15.3. The van der Waals surface area contributed by atoms with E-state index in [9.17, 15) is 9.59 Å². The van der Waals surface area contributed by atoms with E-state index < -0.39 is 17.4 Å². The number of nitrogens with two attached hydrogens (primary N) is 2. The Morgan fingerprint density at radius 1 is 1.23 bits per heavy atom. The van der Waals surface area contributed by atoms with Crippen LogP contribution in [0.25, 0.3) is 17.0 Å². The number of pyridine rings is 1. The van der Waals surface area contributed by atoms with Gasteiger partial charge in [0.1, 0.15) is 5.16 Å². The van der Waals surface area contributed by atoms with Crippen LogP contribution in [0.1, 0.15) is 50.4 Å². The number of rotatable bonds is 14. The van der Waals surface area contributed by atoms with Crippen molar-refractivity contribution in [2.24, 2.45) is 17.5 Å². The number of benzene rings is 1. The van der Waals surface area contributed by atoms with Crippen molar-refractivity contribution in [2.45, 2.75) is 39.2 Å². The Hall–Kier alpha value is -4.26. The van der Waals surface area contributed by atoms with Gasteiger partial charge in [-0.05, 0) is 36.6 Å². The second-order valence-electron chi connectivity index (χ2n) is 9.95. The van der Waals surface area contributed by atoms with Crippen molar-refractivity contribution >= 4 is 47.2 Å². The van der Waals surface area contributed by atoms with E-state index in [1.165, 1.54) is 35.3 Å². The number of carbonyl (C=O) groups excluding carboxylic acids is 1. The second kappa shape index (κ2) is 15.3. The molecule has 1 unspecified atom stereocenters. The van der Waals surface area contributed by atoms with Crippen LogP contribution >= 0.6 is 23.2 Å². The Balaban J connectivity index is 2.16. The molecular formula is C29H34Cl2FN9O2. The molecule has 0 aliphatic heterocycles. The molecule has 0 radical (unpaired) electrons. The van der Waals surface area contributed by atoms with Gasteiger partial charge in [0.05, 0.1) is 57.6 Å². The topological polar surface area (TPSA) is 168 Å². The molecule has 1 amide bonds. The fourth-order valence-corrected chi connectivity index (χ4v) is 4.86. The van der Waals surface area contributed by atoms with E-state index >= 15 is 4.39 Å². The Morgan fingerprint density at radius 2 is 1.98 bits per heavy atom. The minimum Gasteiger partial charge on any atom is -0.388 e. The zero-order valence-corrected chi connectivity index (χ0v) is 25.5. The highest BCUT2D eigenvalue weighted by Crippen LogP contribution is 2.35. The Kier molecular flexibility index (Phi) is 11.8. The van der Waals surface area contributed by atoms with E-state index in [2.05, 4.69) is 34.4 Å². The zero-order chi connectivity index (χ0) is 31.7. The second-order valence-corrected chi connectivity index (χ2v) is 10.8. The van der Waals surface area contributed by atoms with Crippen molar-refractivity contribution in [3.63, 3.8) is 0 Å². The number of anilines is 1. The lowest BCUT2D eigenvalue weighted by Gasteiger charge is -2.22. The summed E-state index contributed by atoms with van der Waals surface area (Å²) in [5.41, 5.74) is 7.07. The molecule has 3 aromatic rings. The van der Waals surface area contributed by atoms with Gasteiger partial charge in [0.15, 0.2) is 5.82 Å². The van der Waals surface area contributed by atoms with Crippen LogP contribution in [0.3, 0.4) is 0 Å². The van der Waals surface area contributed by atoms with Crippen LogP contribution in [0.15, 0.2) is 64.7 Å². The molecule has 1 atom stereocenters. The summed E-state index contributed by atoms with van der Waals surface area (Å²) in [6, 6.07) is 6.97. The van der Waals surface area contributed by atoms with Gasteiger partial charge in [0.2, 0.25) is 6.41 Å². The van der Waals surface area contributed by atoms with Gasteiger partial charge in [-0.3, -0.25) is 24.1 Å². The molecule has 0 saturated carbocycles. The molecule has 228 valence electrons. The van der Waals surface area contributed by atoms with Crippen molar-refractivity contribution < 1.29 is 9.18 Å². The third kappa shape index (κ3) is 8.19. The van der Waals surface area contributed by atoms with Gasteiger partial charge < -0.3 is 21.8 Å². The Bertz CT molecular complexity index is 1590. The number of amides is 1. The maximum Gasteiger partial charge on any atom is 0.254 e. The molecule has 0 aliphatic rings. The average Bonchev–Trinajstić information content (AvgIpc) is 2.96. The van der Waals surface area contributed by atoms with Crippen molar-refractivity contribution in [1.29, 1.82) is 5.41 Å². The summed E-state index contributed by atoms with van der Waals surface area (Å²) in [5.74, 6) is 5.67. The van der Waals surface area contributed by atoms with E-state index in [1.807, 2.05) is 0 Å². The molecule has 0 fully saturated rings. The van der Waals surface area contributed by atoms with Crippen molar-refractivity contribution in [2.75, 3.05) is 12.1 Å². The molecule has 0 aliphatic carbocycles. The van der Waals surface area contributed by atoms with E-state index in [0.29, 0.717) is 35.7 Å². The molecule has 43 heavy (non-hydrogen) atoms. The summed E-state index contributed by atoms with van der Waals surface area (Å²) in [4.78, 5) is 33.7. The molecule has 0 spiro atoms. The van der Waals surface area contributed by atoms with E-state index in [1.54, 1.807) is 25.4 Å². The molecule has 3 rings (SSSR count). The van der Waals surface area contributed by atoms with Crippen LogP contribution < -0.4 is 32.8 Å². The van der Waals surface area contributed by atoms with Gasteiger partial charge in [-0.15, -0.1) is 0 Å². The van der Waals surface area contributed by atoms with Gasteiger partial charge >= 0.3 is 0 Å². The molecule has 0 saturated heterocycles. The standard InChI is InChI=1S/C29H34Cl2FN9O2/c1-17(2)5-4-6-23(20-11-18(9-10-37-20)29(36-3)22(13-33)39-16-42)40-15-38-21(12-26(40)43)27-24(41(35)14-25(31)34)8-7-19(30)28(27)32/h7-17,23,33,36H,4-6,34-35H2,1-3H3,(H,39,42)/b25-14-,29-22+,33-13?. The lowest BCUT2D eigenvalue weighted by molar-refractivity contribution is -0.108. The highest BCUT2D eigenvalue weighted by Gasteiger charge is 2.22. The highest BCUT2D eigenvalue weighted by atomic mass is 35.5. The molecule has 0 bridgehead atoms. The van der Waals surface area contributed by atoms with E-state index in [4.69, 9.17) is 40.2 Å². The Labute approximate surface area is 258 Å². The first-order chi connectivity index (χ1) is 20.5. The van der Waals surface area contributed by atoms with Gasteiger partial charge in [0, 0.05) is 31.1 Å². The van der Waals surface area contributed by atoms with E-state index in [0.717, 1.165) is 24.1 Å². The van der Waals surface area contributed by atoms with Crippen molar-refractivity contribution in [1.82, 2.24) is 25.2 Å². The first kappa shape index (κ1) is 33.2. The van der Waals surface area contributed by atoms with Gasteiger partial charge in [-0.2, -0.15) is 0 Å². The number of carbonyl (C=O) groups is 1. The van der Waals surface area contributed by atoms with E-state index in [-0.39, 0.29) is 32.8 Å². The summed E-state index contributed by atoms with van der Waals surface area (Å²) in [6.45, 7) is 4.23. The quantitative estimate of drug-likeness (QED) is 0.0572. The van der Waals surface area contributed by atoms with Gasteiger partial charge in [-0.25, -0.2) is 15.2 Å². The third-order valence-electron chi connectivity index (χ3n) is 6.59. The predicted octanol–water partition coefficient (Wildman–Crippen LogP) is 4.47. The summed E-state index contributed by atoms with van der Waals surface area (Å²) >= 11 is 11.8. The molecule has 2 heterocycles. The number of nitrogens with zero attached hydrogens (tertiary/aromatic N) is 4. The molecule has 14 heteroatoms.